The van der Waals surface area contributed by atoms with Gasteiger partial charge < -0.3 is 14.5 Å². The number of benzene rings is 1. The number of halogens is 1. The largest absolute Gasteiger partial charge is 0.449 e. The van der Waals surface area contributed by atoms with Crippen molar-refractivity contribution in [2.75, 3.05) is 6.54 Å². The van der Waals surface area contributed by atoms with E-state index in [0.29, 0.717) is 6.54 Å². The van der Waals surface area contributed by atoms with Gasteiger partial charge in [-0.15, -0.1) is 0 Å². The summed E-state index contributed by atoms with van der Waals surface area (Å²) in [5.74, 6) is -1.46. The first kappa shape index (κ1) is 16.7. The maximum absolute atomic E-state index is 13.7. The SMILES string of the molecule is CCCNC(=O)C(C)OC(=O)c1ccc(-c2ccccc2F)o1. The van der Waals surface area contributed by atoms with Gasteiger partial charge in [-0.2, -0.15) is 0 Å². The van der Waals surface area contributed by atoms with Crippen molar-refractivity contribution in [1.29, 1.82) is 0 Å². The zero-order chi connectivity index (χ0) is 16.8. The van der Waals surface area contributed by atoms with Crippen molar-refractivity contribution in [2.24, 2.45) is 0 Å². The first-order valence-corrected chi connectivity index (χ1v) is 7.36. The molecule has 6 heteroatoms. The van der Waals surface area contributed by atoms with Gasteiger partial charge in [0, 0.05) is 6.54 Å². The van der Waals surface area contributed by atoms with Gasteiger partial charge in [0.2, 0.25) is 5.76 Å². The van der Waals surface area contributed by atoms with Gasteiger partial charge in [0.05, 0.1) is 5.56 Å². The Morgan fingerprint density at radius 3 is 2.70 bits per heavy atom. The van der Waals surface area contributed by atoms with E-state index in [-0.39, 0.29) is 23.0 Å². The Kier molecular flexibility index (Phi) is 5.51. The van der Waals surface area contributed by atoms with Crippen LogP contribution in [-0.4, -0.2) is 24.5 Å². The van der Waals surface area contributed by atoms with Crippen LogP contribution in [0.5, 0.6) is 0 Å². The summed E-state index contributed by atoms with van der Waals surface area (Å²) in [5.41, 5.74) is 0.250. The molecule has 1 unspecified atom stereocenters. The Bertz CT molecular complexity index is 695. The average molecular weight is 319 g/mol. The summed E-state index contributed by atoms with van der Waals surface area (Å²) in [6.45, 7) is 3.91. The Labute approximate surface area is 133 Å². The molecular formula is C17H18FNO4. The topological polar surface area (TPSA) is 68.5 Å². The predicted molar refractivity (Wildman–Crippen MR) is 82.3 cm³/mol. The summed E-state index contributed by atoms with van der Waals surface area (Å²) >= 11 is 0. The molecule has 1 atom stereocenters. The maximum Gasteiger partial charge on any atom is 0.375 e. The Hall–Kier alpha value is -2.63. The van der Waals surface area contributed by atoms with Crippen LogP contribution in [0.4, 0.5) is 4.39 Å². The minimum absolute atomic E-state index is 0.0848. The molecule has 5 nitrogen and oxygen atoms in total. The number of ether oxygens (including phenoxy) is 1. The first-order valence-electron chi connectivity index (χ1n) is 7.36. The molecular weight excluding hydrogens is 301 g/mol. The maximum atomic E-state index is 13.7. The number of nitrogens with one attached hydrogen (secondary N) is 1. The van der Waals surface area contributed by atoms with E-state index in [9.17, 15) is 14.0 Å². The molecule has 1 aromatic carbocycles. The van der Waals surface area contributed by atoms with Crippen LogP contribution < -0.4 is 5.32 Å². The van der Waals surface area contributed by atoms with E-state index in [1.165, 1.54) is 25.1 Å². The lowest BCUT2D eigenvalue weighted by atomic mass is 10.1. The number of rotatable bonds is 6. The Balaban J connectivity index is 2.04. The second-order valence-electron chi connectivity index (χ2n) is 4.98. The van der Waals surface area contributed by atoms with Crippen LogP contribution in [0, 0.1) is 5.82 Å². The van der Waals surface area contributed by atoms with E-state index in [1.807, 2.05) is 6.92 Å². The normalized spacial score (nSPS) is 11.8. The standard InChI is InChI=1S/C17H18FNO4/c1-3-10-19-16(20)11(2)22-17(21)15-9-8-14(23-15)12-6-4-5-7-13(12)18/h4-9,11H,3,10H2,1-2H3,(H,19,20). The minimum Gasteiger partial charge on any atom is -0.449 e. The number of amides is 1. The van der Waals surface area contributed by atoms with E-state index in [0.717, 1.165) is 6.42 Å². The van der Waals surface area contributed by atoms with Gasteiger partial charge in [-0.05, 0) is 37.6 Å². The summed E-state index contributed by atoms with van der Waals surface area (Å²) in [6.07, 6.45) is -0.146. The highest BCUT2D eigenvalue weighted by atomic mass is 19.1. The quantitative estimate of drug-likeness (QED) is 0.831. The van der Waals surface area contributed by atoms with E-state index >= 15 is 0 Å². The molecule has 1 N–H and O–H groups in total. The van der Waals surface area contributed by atoms with Crippen LogP contribution in [-0.2, 0) is 9.53 Å². The third-order valence-corrected chi connectivity index (χ3v) is 3.15. The molecule has 0 spiro atoms. The van der Waals surface area contributed by atoms with Crippen molar-refractivity contribution in [3.8, 4) is 11.3 Å². The molecule has 2 rings (SSSR count). The molecule has 0 radical (unpaired) electrons. The molecule has 1 amide bonds. The van der Waals surface area contributed by atoms with Crippen molar-refractivity contribution in [2.45, 2.75) is 26.4 Å². The highest BCUT2D eigenvalue weighted by Gasteiger charge is 2.21. The minimum atomic E-state index is -0.934. The van der Waals surface area contributed by atoms with Gasteiger partial charge in [-0.25, -0.2) is 9.18 Å². The van der Waals surface area contributed by atoms with Crippen LogP contribution in [0.2, 0.25) is 0 Å². The van der Waals surface area contributed by atoms with Crippen molar-refractivity contribution >= 4 is 11.9 Å². The van der Waals surface area contributed by atoms with Crippen LogP contribution in [0.1, 0.15) is 30.8 Å². The first-order chi connectivity index (χ1) is 11.0. The molecule has 2 aromatic rings. The lowest BCUT2D eigenvalue weighted by molar-refractivity contribution is -0.129. The number of esters is 1. The van der Waals surface area contributed by atoms with Gasteiger partial charge in [0.25, 0.3) is 5.91 Å². The number of carbonyl (C=O) groups is 2. The van der Waals surface area contributed by atoms with Gasteiger partial charge in [0.1, 0.15) is 11.6 Å². The molecule has 0 saturated heterocycles. The highest BCUT2D eigenvalue weighted by molar-refractivity contribution is 5.90. The fraction of sp³-hybridized carbons (Fsp3) is 0.294. The van der Waals surface area contributed by atoms with Crippen molar-refractivity contribution in [3.63, 3.8) is 0 Å². The second kappa shape index (κ2) is 7.58. The number of furan rings is 1. The van der Waals surface area contributed by atoms with Crippen molar-refractivity contribution in [3.05, 3.63) is 48.0 Å². The van der Waals surface area contributed by atoms with E-state index in [1.54, 1.807) is 18.2 Å². The van der Waals surface area contributed by atoms with Crippen molar-refractivity contribution in [1.82, 2.24) is 5.32 Å². The van der Waals surface area contributed by atoms with Gasteiger partial charge in [-0.3, -0.25) is 4.79 Å². The predicted octanol–water partition coefficient (Wildman–Crippen LogP) is 3.16. The molecule has 1 aromatic heterocycles. The molecule has 1 heterocycles. The van der Waals surface area contributed by atoms with Crippen molar-refractivity contribution < 1.29 is 23.1 Å². The third-order valence-electron chi connectivity index (χ3n) is 3.15. The average Bonchev–Trinajstić information content (AvgIpc) is 3.02. The van der Waals surface area contributed by atoms with Crippen LogP contribution in [0.25, 0.3) is 11.3 Å². The molecule has 0 aliphatic heterocycles. The summed E-state index contributed by atoms with van der Waals surface area (Å²) in [4.78, 5) is 23.6. The fourth-order valence-electron chi connectivity index (χ4n) is 1.92. The zero-order valence-corrected chi connectivity index (χ0v) is 13.0. The summed E-state index contributed by atoms with van der Waals surface area (Å²) in [7, 11) is 0. The highest BCUT2D eigenvalue weighted by Crippen LogP contribution is 2.25. The lowest BCUT2D eigenvalue weighted by Crippen LogP contribution is -2.36. The van der Waals surface area contributed by atoms with E-state index < -0.39 is 17.9 Å². The van der Waals surface area contributed by atoms with Crippen LogP contribution in [0.15, 0.2) is 40.8 Å². The number of hydrogen-bond acceptors (Lipinski definition) is 4. The molecule has 0 fully saturated rings. The number of hydrogen-bond donors (Lipinski definition) is 1. The molecule has 0 bridgehead atoms. The Morgan fingerprint density at radius 2 is 2.00 bits per heavy atom. The second-order valence-corrected chi connectivity index (χ2v) is 4.98. The summed E-state index contributed by atoms with van der Waals surface area (Å²) < 4.78 is 24.1. The smallest absolute Gasteiger partial charge is 0.375 e. The van der Waals surface area contributed by atoms with Gasteiger partial charge in [0.15, 0.2) is 6.10 Å². The fourth-order valence-corrected chi connectivity index (χ4v) is 1.92. The molecule has 0 aliphatic carbocycles. The molecule has 0 aliphatic rings. The zero-order valence-electron chi connectivity index (χ0n) is 13.0. The summed E-state index contributed by atoms with van der Waals surface area (Å²) in [6, 6.07) is 8.95. The lowest BCUT2D eigenvalue weighted by Gasteiger charge is -2.12. The number of carbonyl (C=O) groups excluding carboxylic acids is 2. The molecule has 122 valence electrons. The van der Waals surface area contributed by atoms with Crippen LogP contribution >= 0.6 is 0 Å². The third kappa shape index (κ3) is 4.18. The van der Waals surface area contributed by atoms with Gasteiger partial charge >= 0.3 is 5.97 Å². The summed E-state index contributed by atoms with van der Waals surface area (Å²) in [5, 5.41) is 2.63. The van der Waals surface area contributed by atoms with Gasteiger partial charge in [-0.1, -0.05) is 19.1 Å². The molecule has 23 heavy (non-hydrogen) atoms. The van der Waals surface area contributed by atoms with E-state index in [4.69, 9.17) is 9.15 Å². The molecule has 0 saturated carbocycles. The van der Waals surface area contributed by atoms with Crippen LogP contribution in [0.3, 0.4) is 0 Å². The van der Waals surface area contributed by atoms with E-state index in [2.05, 4.69) is 5.32 Å². The monoisotopic (exact) mass is 319 g/mol. The Morgan fingerprint density at radius 1 is 1.26 bits per heavy atom.